The predicted octanol–water partition coefficient (Wildman–Crippen LogP) is 4.68. The van der Waals surface area contributed by atoms with Crippen LogP contribution in [0.25, 0.3) is 21.8 Å². The van der Waals surface area contributed by atoms with Gasteiger partial charge in [0.1, 0.15) is 17.1 Å². The second kappa shape index (κ2) is 6.91. The molecule has 0 bridgehead atoms. The lowest BCUT2D eigenvalue weighted by Crippen LogP contribution is -2.18. The van der Waals surface area contributed by atoms with Crippen LogP contribution in [0.2, 0.25) is 0 Å². The molecule has 1 aliphatic rings. The van der Waals surface area contributed by atoms with Crippen molar-refractivity contribution >= 4 is 21.8 Å². The fraction of sp³-hybridized carbons (Fsp3) is 0.261. The number of nitrogens with zero attached hydrogens (tertiary/aromatic N) is 3. The maximum atomic E-state index is 13.5. The van der Waals surface area contributed by atoms with Gasteiger partial charge in [0.25, 0.3) is 0 Å². The molecule has 0 radical (unpaired) electrons. The van der Waals surface area contributed by atoms with Gasteiger partial charge in [0, 0.05) is 47.3 Å². The average Bonchev–Trinajstić information content (AvgIpc) is 3.35. The Morgan fingerprint density at radius 2 is 1.86 bits per heavy atom. The van der Waals surface area contributed by atoms with Gasteiger partial charge in [-0.1, -0.05) is 6.07 Å². The normalized spacial score (nSPS) is 15.0. The molecule has 5 rings (SSSR count). The van der Waals surface area contributed by atoms with E-state index in [2.05, 4.69) is 20.5 Å². The van der Waals surface area contributed by atoms with Gasteiger partial charge in [-0.2, -0.15) is 0 Å². The Labute approximate surface area is 162 Å². The molecule has 1 fully saturated rings. The van der Waals surface area contributed by atoms with E-state index in [4.69, 9.17) is 0 Å². The molecule has 1 saturated heterocycles. The monoisotopic (exact) mass is 375 g/mol. The Kier molecular flexibility index (Phi) is 4.24. The molecule has 28 heavy (non-hydrogen) atoms. The average molecular weight is 375 g/mol. The summed E-state index contributed by atoms with van der Waals surface area (Å²) in [5.41, 5.74) is 3.67. The van der Waals surface area contributed by atoms with Gasteiger partial charge in [-0.05, 0) is 67.9 Å². The number of benzene rings is 2. The molecular formula is C23H22FN3O. The van der Waals surface area contributed by atoms with Crippen LogP contribution >= 0.6 is 0 Å². The quantitative estimate of drug-likeness (QED) is 0.563. The number of phenolic OH excluding ortho intramolecular Hbond substituents is 1. The third-order valence-corrected chi connectivity index (χ3v) is 5.70. The number of likely N-dealkylation sites (tertiary alicyclic amines) is 1. The fourth-order valence-electron chi connectivity index (χ4n) is 4.29. The molecule has 142 valence electrons. The zero-order chi connectivity index (χ0) is 19.1. The van der Waals surface area contributed by atoms with E-state index >= 15 is 0 Å². The van der Waals surface area contributed by atoms with Gasteiger partial charge in [-0.3, -0.25) is 9.88 Å². The Morgan fingerprint density at radius 1 is 1.00 bits per heavy atom. The molecule has 1 aliphatic heterocycles. The molecule has 0 saturated carbocycles. The van der Waals surface area contributed by atoms with Crippen LogP contribution in [0.1, 0.15) is 24.0 Å². The number of aromatic hydroxyl groups is 1. The first kappa shape index (κ1) is 17.2. The molecule has 2 aromatic heterocycles. The van der Waals surface area contributed by atoms with E-state index in [1.54, 1.807) is 12.3 Å². The summed E-state index contributed by atoms with van der Waals surface area (Å²) in [5.74, 6) is 0.0584. The summed E-state index contributed by atoms with van der Waals surface area (Å²) in [7, 11) is 0. The standard InChI is InChI=1S/C23H22FN3O/c24-19-5-6-21-16(13-19)7-11-27(21)15-17-12-18(14-26-9-1-2-10-26)23(28)22-20(17)4-3-8-25-22/h3-8,11-13,28H,1-2,9-10,14-15H2. The number of pyridine rings is 1. The van der Waals surface area contributed by atoms with Gasteiger partial charge in [0.15, 0.2) is 0 Å². The van der Waals surface area contributed by atoms with Crippen molar-refractivity contribution in [1.29, 1.82) is 0 Å². The number of aromatic nitrogens is 2. The first-order chi connectivity index (χ1) is 13.7. The predicted molar refractivity (Wildman–Crippen MR) is 109 cm³/mol. The lowest BCUT2D eigenvalue weighted by atomic mass is 10.0. The number of phenols is 1. The van der Waals surface area contributed by atoms with Crippen LogP contribution in [-0.2, 0) is 13.1 Å². The van der Waals surface area contributed by atoms with Gasteiger partial charge in [-0.15, -0.1) is 0 Å². The highest BCUT2D eigenvalue weighted by Gasteiger charge is 2.18. The zero-order valence-electron chi connectivity index (χ0n) is 15.6. The smallest absolute Gasteiger partial charge is 0.146 e. The summed E-state index contributed by atoms with van der Waals surface area (Å²) in [4.78, 5) is 6.83. The molecule has 3 heterocycles. The molecule has 4 aromatic rings. The van der Waals surface area contributed by atoms with Crippen molar-refractivity contribution < 1.29 is 9.50 Å². The molecule has 5 heteroatoms. The minimum absolute atomic E-state index is 0.225. The first-order valence-electron chi connectivity index (χ1n) is 9.74. The van der Waals surface area contributed by atoms with E-state index in [-0.39, 0.29) is 11.6 Å². The van der Waals surface area contributed by atoms with Crippen LogP contribution in [0.3, 0.4) is 0 Å². The van der Waals surface area contributed by atoms with Crippen LogP contribution in [0.4, 0.5) is 4.39 Å². The number of halogens is 1. The van der Waals surface area contributed by atoms with Gasteiger partial charge < -0.3 is 9.67 Å². The number of fused-ring (bicyclic) bond motifs is 2. The molecule has 0 amide bonds. The van der Waals surface area contributed by atoms with Crippen molar-refractivity contribution in [1.82, 2.24) is 14.5 Å². The highest BCUT2D eigenvalue weighted by molar-refractivity contribution is 5.89. The Hall–Kier alpha value is -2.92. The molecule has 0 aliphatic carbocycles. The molecule has 0 unspecified atom stereocenters. The van der Waals surface area contributed by atoms with Crippen molar-refractivity contribution in [3.8, 4) is 5.75 Å². The van der Waals surface area contributed by atoms with E-state index in [0.29, 0.717) is 12.1 Å². The molecule has 4 nitrogen and oxygen atoms in total. The topological polar surface area (TPSA) is 41.3 Å². The van der Waals surface area contributed by atoms with E-state index in [9.17, 15) is 9.50 Å². The minimum Gasteiger partial charge on any atom is -0.505 e. The van der Waals surface area contributed by atoms with Gasteiger partial charge in [0.2, 0.25) is 0 Å². The van der Waals surface area contributed by atoms with E-state index in [0.717, 1.165) is 47.1 Å². The summed E-state index contributed by atoms with van der Waals surface area (Å²) >= 11 is 0. The van der Waals surface area contributed by atoms with E-state index < -0.39 is 0 Å². The summed E-state index contributed by atoms with van der Waals surface area (Å²) in [5, 5.41) is 12.7. The Morgan fingerprint density at radius 3 is 2.71 bits per heavy atom. The van der Waals surface area contributed by atoms with Crippen LogP contribution < -0.4 is 0 Å². The summed E-state index contributed by atoms with van der Waals surface area (Å²) in [6.07, 6.45) is 6.13. The largest absolute Gasteiger partial charge is 0.505 e. The highest BCUT2D eigenvalue weighted by Crippen LogP contribution is 2.32. The second-order valence-corrected chi connectivity index (χ2v) is 7.57. The van der Waals surface area contributed by atoms with Crippen LogP contribution in [0.15, 0.2) is 54.9 Å². The first-order valence-corrected chi connectivity index (χ1v) is 9.74. The molecule has 2 aromatic carbocycles. The molecule has 0 atom stereocenters. The summed E-state index contributed by atoms with van der Waals surface area (Å²) in [6, 6.07) is 12.8. The zero-order valence-corrected chi connectivity index (χ0v) is 15.6. The SMILES string of the molecule is Oc1c(CN2CCCC2)cc(Cn2ccc3cc(F)ccc32)c2cccnc12. The molecular weight excluding hydrogens is 353 g/mol. The third-order valence-electron chi connectivity index (χ3n) is 5.70. The van der Waals surface area contributed by atoms with Crippen molar-refractivity contribution in [2.24, 2.45) is 0 Å². The van der Waals surface area contributed by atoms with Crippen LogP contribution in [0, 0.1) is 5.82 Å². The lowest BCUT2D eigenvalue weighted by molar-refractivity contribution is 0.324. The number of hydrogen-bond acceptors (Lipinski definition) is 3. The van der Waals surface area contributed by atoms with Gasteiger partial charge >= 0.3 is 0 Å². The second-order valence-electron chi connectivity index (χ2n) is 7.57. The maximum Gasteiger partial charge on any atom is 0.146 e. The molecule has 1 N–H and O–H groups in total. The number of rotatable bonds is 4. The lowest BCUT2D eigenvalue weighted by Gasteiger charge is -2.18. The van der Waals surface area contributed by atoms with E-state index in [1.165, 1.54) is 18.9 Å². The summed E-state index contributed by atoms with van der Waals surface area (Å²) < 4.78 is 15.6. The minimum atomic E-state index is -0.225. The van der Waals surface area contributed by atoms with E-state index in [1.807, 2.05) is 30.5 Å². The summed E-state index contributed by atoms with van der Waals surface area (Å²) in [6.45, 7) is 3.53. The van der Waals surface area contributed by atoms with Gasteiger partial charge in [0.05, 0.1) is 0 Å². The Bertz CT molecular complexity index is 1160. The molecule has 0 spiro atoms. The van der Waals surface area contributed by atoms with Crippen molar-refractivity contribution in [3.63, 3.8) is 0 Å². The maximum absolute atomic E-state index is 13.5. The van der Waals surface area contributed by atoms with Crippen LogP contribution in [0.5, 0.6) is 5.75 Å². The third kappa shape index (κ3) is 3.02. The fourth-order valence-corrected chi connectivity index (χ4v) is 4.29. The van der Waals surface area contributed by atoms with Gasteiger partial charge in [-0.25, -0.2) is 4.39 Å². The van der Waals surface area contributed by atoms with Crippen molar-refractivity contribution in [2.75, 3.05) is 13.1 Å². The number of hydrogen-bond donors (Lipinski definition) is 1. The van der Waals surface area contributed by atoms with Crippen LogP contribution in [-0.4, -0.2) is 32.6 Å². The Balaban J connectivity index is 1.59. The van der Waals surface area contributed by atoms with Crippen molar-refractivity contribution in [2.45, 2.75) is 25.9 Å². The highest BCUT2D eigenvalue weighted by atomic mass is 19.1. The van der Waals surface area contributed by atoms with Crippen molar-refractivity contribution in [3.05, 3.63) is 71.8 Å².